The molecule has 11 heteroatoms. The van der Waals surface area contributed by atoms with Crippen molar-refractivity contribution in [1.29, 1.82) is 0 Å². The van der Waals surface area contributed by atoms with Crippen molar-refractivity contribution >= 4 is 41.9 Å². The van der Waals surface area contributed by atoms with E-state index in [2.05, 4.69) is 41.6 Å². The van der Waals surface area contributed by atoms with Crippen molar-refractivity contribution in [3.63, 3.8) is 0 Å². The van der Waals surface area contributed by atoms with Gasteiger partial charge in [-0.1, -0.05) is 0 Å². The van der Waals surface area contributed by atoms with Crippen LogP contribution in [0.2, 0.25) is 0 Å². The van der Waals surface area contributed by atoms with Crippen molar-refractivity contribution in [3.05, 3.63) is 15.1 Å². The van der Waals surface area contributed by atoms with Gasteiger partial charge >= 0.3 is 6.36 Å². The van der Waals surface area contributed by atoms with Crippen LogP contribution in [0.25, 0.3) is 0 Å². The van der Waals surface area contributed by atoms with Crippen LogP contribution in [0.15, 0.2) is 20.0 Å². The second-order valence-electron chi connectivity index (χ2n) is 2.66. The molecule has 0 fully saturated rings. The molecule has 0 aliphatic rings. The monoisotopic (exact) mass is 398 g/mol. The summed E-state index contributed by atoms with van der Waals surface area (Å²) in [7, 11) is -4.38. The van der Waals surface area contributed by atoms with Crippen LogP contribution in [0.4, 0.5) is 13.2 Å². The predicted octanol–water partition coefficient (Wildman–Crippen LogP) is 2.15. The quantitative estimate of drug-likeness (QED) is 0.772. The summed E-state index contributed by atoms with van der Waals surface area (Å²) in [5, 5.41) is 4.74. The second kappa shape index (κ2) is 4.71. The fraction of sp³-hybridized carbons (Fsp3) is 0.167. The third-order valence-electron chi connectivity index (χ3n) is 1.38. The molecule has 0 aromatic carbocycles. The lowest BCUT2D eigenvalue weighted by Crippen LogP contribution is -2.22. The maximum Gasteiger partial charge on any atom is 0.574 e. The van der Waals surface area contributed by atoms with Crippen LogP contribution in [0, 0.1) is 0 Å². The highest BCUT2D eigenvalue weighted by Crippen LogP contribution is 2.32. The number of sulfonamides is 1. The van der Waals surface area contributed by atoms with E-state index in [9.17, 15) is 21.6 Å². The van der Waals surface area contributed by atoms with Gasteiger partial charge in [0.25, 0.3) is 0 Å². The van der Waals surface area contributed by atoms with E-state index in [0.717, 1.165) is 6.07 Å². The number of hydrogen-bond donors (Lipinski definition) is 1. The topological polar surface area (TPSA) is 82.3 Å². The zero-order valence-corrected chi connectivity index (χ0v) is 11.6. The molecule has 17 heavy (non-hydrogen) atoms. The average molecular weight is 400 g/mol. The molecule has 0 saturated carbocycles. The minimum absolute atomic E-state index is 0.0517. The molecule has 1 heterocycles. The minimum atomic E-state index is -5.07. The molecule has 0 bridgehead atoms. The van der Waals surface area contributed by atoms with Crippen molar-refractivity contribution in [1.82, 2.24) is 4.98 Å². The van der Waals surface area contributed by atoms with E-state index in [4.69, 9.17) is 5.14 Å². The van der Waals surface area contributed by atoms with Gasteiger partial charge in [0, 0.05) is 0 Å². The summed E-state index contributed by atoms with van der Waals surface area (Å²) >= 11 is 5.70. The first-order valence-corrected chi connectivity index (χ1v) is 6.78. The van der Waals surface area contributed by atoms with Crippen LogP contribution < -0.4 is 9.88 Å². The largest absolute Gasteiger partial charge is 0.574 e. The summed E-state index contributed by atoms with van der Waals surface area (Å²) in [6.45, 7) is 0. The minimum Gasteiger partial charge on any atom is -0.386 e. The third-order valence-corrected chi connectivity index (χ3v) is 4.03. The van der Waals surface area contributed by atoms with Gasteiger partial charge < -0.3 is 4.74 Å². The van der Waals surface area contributed by atoms with E-state index < -0.39 is 27.2 Å². The lowest BCUT2D eigenvalue weighted by atomic mass is 10.5. The van der Waals surface area contributed by atoms with Crippen LogP contribution in [0.5, 0.6) is 5.88 Å². The number of primary sulfonamides is 1. The molecule has 0 spiro atoms. The van der Waals surface area contributed by atoms with Crippen molar-refractivity contribution in [2.24, 2.45) is 5.14 Å². The SMILES string of the molecule is NS(=O)(=O)c1cc(Br)c(Br)nc1OC(F)(F)F. The fourth-order valence-corrected chi connectivity index (χ4v) is 2.18. The molecular weight excluding hydrogens is 397 g/mol. The highest BCUT2D eigenvalue weighted by molar-refractivity contribution is 9.13. The number of nitrogens with zero attached hydrogens (tertiary/aromatic N) is 1. The van der Waals surface area contributed by atoms with Crippen molar-refractivity contribution < 1.29 is 26.3 Å². The summed E-state index contributed by atoms with van der Waals surface area (Å²) in [5.74, 6) is -1.14. The van der Waals surface area contributed by atoms with Gasteiger partial charge in [-0.15, -0.1) is 13.2 Å². The van der Waals surface area contributed by atoms with Gasteiger partial charge in [0.2, 0.25) is 15.9 Å². The van der Waals surface area contributed by atoms with E-state index >= 15 is 0 Å². The summed E-state index contributed by atoms with van der Waals surface area (Å²) in [6.07, 6.45) is -5.07. The zero-order valence-electron chi connectivity index (χ0n) is 7.62. The lowest BCUT2D eigenvalue weighted by molar-refractivity contribution is -0.277. The Morgan fingerprint density at radius 2 is 1.88 bits per heavy atom. The summed E-state index contributed by atoms with van der Waals surface area (Å²) in [4.78, 5) is 2.42. The molecule has 2 N–H and O–H groups in total. The van der Waals surface area contributed by atoms with Gasteiger partial charge in [-0.05, 0) is 37.9 Å². The Morgan fingerprint density at radius 3 is 2.29 bits per heavy atom. The highest BCUT2D eigenvalue weighted by atomic mass is 79.9. The summed E-state index contributed by atoms with van der Waals surface area (Å²) in [6, 6.07) is 0.855. The number of halogens is 5. The van der Waals surface area contributed by atoms with Crippen LogP contribution in [-0.4, -0.2) is 19.8 Å². The Bertz CT molecular complexity index is 546. The Hall–Kier alpha value is -0.390. The molecule has 0 amide bonds. The number of nitrogens with two attached hydrogens (primary N) is 1. The Balaban J connectivity index is 3.42. The number of aromatic nitrogens is 1. The van der Waals surface area contributed by atoms with E-state index in [0.29, 0.717) is 0 Å². The maximum atomic E-state index is 12.0. The van der Waals surface area contributed by atoms with Gasteiger partial charge in [0.1, 0.15) is 9.50 Å². The summed E-state index contributed by atoms with van der Waals surface area (Å²) < 4.78 is 61.7. The maximum absolute atomic E-state index is 12.0. The van der Waals surface area contributed by atoms with Crippen LogP contribution in [0.1, 0.15) is 0 Å². The number of pyridine rings is 1. The number of hydrogen-bond acceptors (Lipinski definition) is 4. The molecule has 0 atom stereocenters. The van der Waals surface area contributed by atoms with Gasteiger partial charge in [0.15, 0.2) is 0 Å². The van der Waals surface area contributed by atoms with Crippen LogP contribution in [0.3, 0.4) is 0 Å². The Labute approximate surface area is 110 Å². The molecule has 1 aromatic heterocycles. The van der Waals surface area contributed by atoms with E-state index in [1.165, 1.54) is 0 Å². The number of rotatable bonds is 2. The van der Waals surface area contributed by atoms with Crippen molar-refractivity contribution in [2.75, 3.05) is 0 Å². The molecule has 0 aliphatic heterocycles. The van der Waals surface area contributed by atoms with Crippen LogP contribution >= 0.6 is 31.9 Å². The van der Waals surface area contributed by atoms with E-state index in [1.54, 1.807) is 0 Å². The van der Waals surface area contributed by atoms with E-state index in [-0.39, 0.29) is 9.08 Å². The molecule has 0 aliphatic carbocycles. The Morgan fingerprint density at radius 1 is 1.35 bits per heavy atom. The molecule has 0 radical (unpaired) electrons. The molecular formula is C6H3Br2F3N2O3S. The molecule has 5 nitrogen and oxygen atoms in total. The van der Waals surface area contributed by atoms with Gasteiger partial charge in [-0.2, -0.15) is 0 Å². The number of ether oxygens (including phenoxy) is 1. The molecule has 1 rings (SSSR count). The van der Waals surface area contributed by atoms with Crippen molar-refractivity contribution in [2.45, 2.75) is 11.3 Å². The molecule has 96 valence electrons. The molecule has 0 unspecified atom stereocenters. The fourth-order valence-electron chi connectivity index (χ4n) is 0.821. The van der Waals surface area contributed by atoms with E-state index in [1.807, 2.05) is 0 Å². The average Bonchev–Trinajstić information content (AvgIpc) is 2.06. The van der Waals surface area contributed by atoms with Gasteiger partial charge in [0.05, 0.1) is 4.47 Å². The smallest absolute Gasteiger partial charge is 0.386 e. The van der Waals surface area contributed by atoms with Crippen molar-refractivity contribution in [3.8, 4) is 5.88 Å². The first kappa shape index (κ1) is 14.7. The number of alkyl halides is 3. The van der Waals surface area contributed by atoms with Gasteiger partial charge in [-0.25, -0.2) is 18.5 Å². The normalized spacial score (nSPS) is 12.6. The predicted molar refractivity (Wildman–Crippen MR) is 57.7 cm³/mol. The highest BCUT2D eigenvalue weighted by Gasteiger charge is 2.35. The second-order valence-corrected chi connectivity index (χ2v) is 5.79. The lowest BCUT2D eigenvalue weighted by Gasteiger charge is -2.11. The molecule has 1 aromatic rings. The third kappa shape index (κ3) is 4.08. The standard InChI is InChI=1S/C6H3Br2F3N2O3S/c7-2-1-3(17(12,14)15)5(13-4(2)8)16-6(9,10)11/h1H,(H2,12,14,15). The molecule has 0 saturated heterocycles. The summed E-state index contributed by atoms with van der Waals surface area (Å²) in [5.41, 5.74) is 0. The van der Waals surface area contributed by atoms with Crippen LogP contribution in [-0.2, 0) is 10.0 Å². The van der Waals surface area contributed by atoms with Gasteiger partial charge in [-0.3, -0.25) is 0 Å². The first-order chi connectivity index (χ1) is 7.50. The first-order valence-electron chi connectivity index (χ1n) is 3.65. The zero-order chi connectivity index (χ0) is 13.4. The Kier molecular flexibility index (Phi) is 4.06.